The molecule has 0 fully saturated rings. The SMILES string of the molecule is Cc1ccn2nnnc2c1. The normalized spacial score (nSPS) is 10.5. The van der Waals surface area contributed by atoms with Gasteiger partial charge < -0.3 is 0 Å². The van der Waals surface area contributed by atoms with Crippen LogP contribution >= 0.6 is 0 Å². The average Bonchev–Trinajstić information content (AvgIpc) is 2.33. The van der Waals surface area contributed by atoms with Crippen LogP contribution in [-0.4, -0.2) is 20.0 Å². The van der Waals surface area contributed by atoms with Crippen molar-refractivity contribution in [3.05, 3.63) is 23.9 Å². The molecule has 0 bridgehead atoms. The van der Waals surface area contributed by atoms with E-state index in [-0.39, 0.29) is 0 Å². The molecule has 2 aromatic heterocycles. The highest BCUT2D eigenvalue weighted by molar-refractivity contribution is 5.37. The molecule has 0 aromatic carbocycles. The molecule has 0 aliphatic carbocycles. The van der Waals surface area contributed by atoms with Gasteiger partial charge in [-0.3, -0.25) is 0 Å². The number of fused-ring (bicyclic) bond motifs is 1. The van der Waals surface area contributed by atoms with Gasteiger partial charge in [-0.05, 0) is 35.0 Å². The van der Waals surface area contributed by atoms with Crippen molar-refractivity contribution in [2.45, 2.75) is 6.92 Å². The lowest BCUT2D eigenvalue weighted by Crippen LogP contribution is -1.85. The highest BCUT2D eigenvalue weighted by Crippen LogP contribution is 1.99. The summed E-state index contributed by atoms with van der Waals surface area (Å²) in [7, 11) is 0. The second kappa shape index (κ2) is 1.76. The van der Waals surface area contributed by atoms with E-state index < -0.39 is 0 Å². The number of nitrogens with zero attached hydrogens (tertiary/aromatic N) is 4. The minimum Gasteiger partial charge on any atom is -0.201 e. The Kier molecular flexibility index (Phi) is 0.943. The van der Waals surface area contributed by atoms with Crippen LogP contribution in [0.1, 0.15) is 5.56 Å². The molecule has 0 radical (unpaired) electrons. The molecule has 0 spiro atoms. The molecule has 4 heteroatoms. The Morgan fingerprint density at radius 2 is 2.40 bits per heavy atom. The molecule has 0 saturated heterocycles. The van der Waals surface area contributed by atoms with Crippen molar-refractivity contribution >= 4 is 5.65 Å². The van der Waals surface area contributed by atoms with Crippen molar-refractivity contribution < 1.29 is 0 Å². The van der Waals surface area contributed by atoms with E-state index in [4.69, 9.17) is 0 Å². The third-order valence-corrected chi connectivity index (χ3v) is 1.35. The number of tetrazole rings is 1. The molecule has 0 saturated carbocycles. The highest BCUT2D eigenvalue weighted by atomic mass is 15.5. The van der Waals surface area contributed by atoms with Gasteiger partial charge >= 0.3 is 0 Å². The Hall–Kier alpha value is -1.45. The van der Waals surface area contributed by atoms with Gasteiger partial charge in [0.1, 0.15) is 0 Å². The maximum atomic E-state index is 3.78. The molecule has 0 unspecified atom stereocenters. The number of aryl methyl sites for hydroxylation is 1. The number of aromatic nitrogens is 4. The lowest BCUT2D eigenvalue weighted by atomic mass is 10.3. The van der Waals surface area contributed by atoms with E-state index in [9.17, 15) is 0 Å². The number of rotatable bonds is 0. The van der Waals surface area contributed by atoms with Gasteiger partial charge in [-0.1, -0.05) is 0 Å². The van der Waals surface area contributed by atoms with Crippen molar-refractivity contribution in [1.29, 1.82) is 0 Å². The minimum absolute atomic E-state index is 0.792. The standard InChI is InChI=1S/C6H6N4/c1-5-2-3-10-6(4-5)7-8-9-10/h2-4H,1H3. The van der Waals surface area contributed by atoms with Crippen LogP contribution in [0.15, 0.2) is 18.3 Å². The zero-order chi connectivity index (χ0) is 6.97. The number of pyridine rings is 1. The van der Waals surface area contributed by atoms with E-state index in [0.717, 1.165) is 5.65 Å². The summed E-state index contributed by atoms with van der Waals surface area (Å²) < 4.78 is 1.63. The second-order valence-electron chi connectivity index (χ2n) is 2.19. The van der Waals surface area contributed by atoms with Crippen LogP contribution in [-0.2, 0) is 0 Å². The molecule has 2 rings (SSSR count). The van der Waals surface area contributed by atoms with Gasteiger partial charge in [-0.25, -0.2) is 4.52 Å². The lowest BCUT2D eigenvalue weighted by molar-refractivity contribution is 0.823. The molecule has 4 nitrogen and oxygen atoms in total. The molecule has 0 N–H and O–H groups in total. The van der Waals surface area contributed by atoms with E-state index >= 15 is 0 Å². The predicted octanol–water partition coefficient (Wildman–Crippen LogP) is 0.433. The fourth-order valence-corrected chi connectivity index (χ4v) is 0.842. The number of hydrogen-bond acceptors (Lipinski definition) is 3. The number of hydrogen-bond donors (Lipinski definition) is 0. The van der Waals surface area contributed by atoms with Crippen molar-refractivity contribution in [1.82, 2.24) is 20.0 Å². The van der Waals surface area contributed by atoms with E-state index in [0.29, 0.717) is 0 Å². The molecule has 2 heterocycles. The van der Waals surface area contributed by atoms with Crippen molar-refractivity contribution in [3.63, 3.8) is 0 Å². The molecule has 0 aliphatic heterocycles. The second-order valence-corrected chi connectivity index (χ2v) is 2.19. The Balaban J connectivity index is 2.86. The van der Waals surface area contributed by atoms with Gasteiger partial charge in [0, 0.05) is 6.20 Å². The van der Waals surface area contributed by atoms with Crippen LogP contribution in [0.2, 0.25) is 0 Å². The van der Waals surface area contributed by atoms with Crippen molar-refractivity contribution in [3.8, 4) is 0 Å². The summed E-state index contributed by atoms with van der Waals surface area (Å²) in [6.07, 6.45) is 1.84. The molecular weight excluding hydrogens is 128 g/mol. The van der Waals surface area contributed by atoms with Crippen LogP contribution in [0.3, 0.4) is 0 Å². The van der Waals surface area contributed by atoms with Crippen LogP contribution < -0.4 is 0 Å². The van der Waals surface area contributed by atoms with E-state index in [2.05, 4.69) is 15.5 Å². The summed E-state index contributed by atoms with van der Waals surface area (Å²) in [5.74, 6) is 0. The first-order chi connectivity index (χ1) is 4.86. The minimum atomic E-state index is 0.792. The summed E-state index contributed by atoms with van der Waals surface area (Å²) >= 11 is 0. The smallest absolute Gasteiger partial charge is 0.179 e. The zero-order valence-electron chi connectivity index (χ0n) is 5.52. The molecular formula is C6H6N4. The first kappa shape index (κ1) is 5.34. The van der Waals surface area contributed by atoms with Gasteiger partial charge in [0.15, 0.2) is 5.65 Å². The van der Waals surface area contributed by atoms with Crippen LogP contribution in [0.25, 0.3) is 5.65 Å². The van der Waals surface area contributed by atoms with Crippen molar-refractivity contribution in [2.24, 2.45) is 0 Å². The van der Waals surface area contributed by atoms with Gasteiger partial charge in [-0.15, -0.1) is 5.10 Å². The first-order valence-corrected chi connectivity index (χ1v) is 3.00. The fraction of sp³-hybridized carbons (Fsp3) is 0.167. The van der Waals surface area contributed by atoms with Gasteiger partial charge in [0.05, 0.1) is 0 Å². The van der Waals surface area contributed by atoms with Crippen molar-refractivity contribution in [2.75, 3.05) is 0 Å². The van der Waals surface area contributed by atoms with E-state index in [1.54, 1.807) is 4.52 Å². The Morgan fingerprint density at radius 3 is 3.30 bits per heavy atom. The van der Waals surface area contributed by atoms with Crippen LogP contribution in [0.5, 0.6) is 0 Å². The zero-order valence-corrected chi connectivity index (χ0v) is 5.52. The molecule has 50 valence electrons. The Bertz CT molecular complexity index is 351. The third-order valence-electron chi connectivity index (χ3n) is 1.35. The lowest BCUT2D eigenvalue weighted by Gasteiger charge is -1.89. The predicted molar refractivity (Wildman–Crippen MR) is 35.5 cm³/mol. The maximum absolute atomic E-state index is 3.78. The largest absolute Gasteiger partial charge is 0.201 e. The molecule has 0 aliphatic rings. The van der Waals surface area contributed by atoms with E-state index in [1.807, 2.05) is 25.3 Å². The summed E-state index contributed by atoms with van der Waals surface area (Å²) in [6.45, 7) is 2.01. The topological polar surface area (TPSA) is 43.1 Å². The monoisotopic (exact) mass is 134 g/mol. The molecule has 0 atom stereocenters. The van der Waals surface area contributed by atoms with Gasteiger partial charge in [0.2, 0.25) is 0 Å². The average molecular weight is 134 g/mol. The first-order valence-electron chi connectivity index (χ1n) is 3.00. The van der Waals surface area contributed by atoms with Gasteiger partial charge in [-0.2, -0.15) is 0 Å². The third kappa shape index (κ3) is 0.655. The van der Waals surface area contributed by atoms with Crippen LogP contribution in [0.4, 0.5) is 0 Å². The summed E-state index contributed by atoms with van der Waals surface area (Å²) in [5, 5.41) is 11.0. The molecule has 0 amide bonds. The van der Waals surface area contributed by atoms with Crippen LogP contribution in [0, 0.1) is 6.92 Å². The summed E-state index contributed by atoms with van der Waals surface area (Å²) in [4.78, 5) is 0. The molecule has 10 heavy (non-hydrogen) atoms. The summed E-state index contributed by atoms with van der Waals surface area (Å²) in [6, 6.07) is 3.89. The fourth-order valence-electron chi connectivity index (χ4n) is 0.842. The van der Waals surface area contributed by atoms with E-state index in [1.165, 1.54) is 5.56 Å². The Morgan fingerprint density at radius 1 is 1.50 bits per heavy atom. The quantitative estimate of drug-likeness (QED) is 0.524. The summed E-state index contributed by atoms with van der Waals surface area (Å²) in [5.41, 5.74) is 1.96. The molecule has 2 aromatic rings. The maximum Gasteiger partial charge on any atom is 0.179 e. The highest BCUT2D eigenvalue weighted by Gasteiger charge is 1.93. The Labute approximate surface area is 57.5 Å². The van der Waals surface area contributed by atoms with Gasteiger partial charge in [0.25, 0.3) is 0 Å².